The van der Waals surface area contributed by atoms with E-state index < -0.39 is 0 Å². The third-order valence-electron chi connectivity index (χ3n) is 5.14. The molecule has 2 aliphatic carbocycles. The Bertz CT molecular complexity index is 765. The van der Waals surface area contributed by atoms with E-state index in [0.29, 0.717) is 11.8 Å². The predicted octanol–water partition coefficient (Wildman–Crippen LogP) is 3.89. The van der Waals surface area contributed by atoms with Crippen molar-refractivity contribution in [1.29, 1.82) is 0 Å². The first-order valence-electron chi connectivity index (χ1n) is 9.15. The summed E-state index contributed by atoms with van der Waals surface area (Å²) in [5, 5.41) is 4.16. The Morgan fingerprint density at radius 1 is 1.28 bits per heavy atom. The molecule has 0 saturated heterocycles. The van der Waals surface area contributed by atoms with Crippen LogP contribution in [0, 0.1) is 25.7 Å². The van der Waals surface area contributed by atoms with Crippen LogP contribution in [0.4, 0.5) is 0 Å². The van der Waals surface area contributed by atoms with Gasteiger partial charge < -0.3 is 5.32 Å². The minimum Gasteiger partial charge on any atom is -0.352 e. The Labute approximate surface area is 153 Å². The van der Waals surface area contributed by atoms with Gasteiger partial charge in [-0.3, -0.25) is 9.36 Å². The van der Waals surface area contributed by atoms with Crippen LogP contribution in [0.3, 0.4) is 0 Å². The van der Waals surface area contributed by atoms with Gasteiger partial charge in [0.15, 0.2) is 5.16 Å². The molecule has 132 valence electrons. The molecule has 1 heterocycles. The third-order valence-corrected chi connectivity index (χ3v) is 6.11. The van der Waals surface area contributed by atoms with Crippen molar-refractivity contribution < 1.29 is 4.79 Å². The fourth-order valence-corrected chi connectivity index (χ4v) is 4.32. The number of amides is 1. The molecule has 25 heavy (non-hydrogen) atoms. The maximum Gasteiger partial charge on any atom is 0.230 e. The van der Waals surface area contributed by atoms with Crippen molar-refractivity contribution in [3.8, 4) is 5.69 Å². The first-order valence-corrected chi connectivity index (χ1v) is 10.1. The van der Waals surface area contributed by atoms with E-state index in [1.807, 2.05) is 6.20 Å². The zero-order valence-corrected chi connectivity index (χ0v) is 15.7. The number of hydrogen-bond acceptors (Lipinski definition) is 3. The molecule has 1 N–H and O–H groups in total. The lowest BCUT2D eigenvalue weighted by Gasteiger charge is -2.17. The van der Waals surface area contributed by atoms with E-state index in [1.54, 1.807) is 6.20 Å². The number of benzene rings is 1. The summed E-state index contributed by atoms with van der Waals surface area (Å²) in [5.74, 6) is 2.04. The molecular formula is C20H25N3OS. The molecule has 0 atom stereocenters. The lowest BCUT2D eigenvalue weighted by molar-refractivity contribution is -0.119. The Morgan fingerprint density at radius 3 is 2.64 bits per heavy atom. The molecule has 0 bridgehead atoms. The highest BCUT2D eigenvalue weighted by Crippen LogP contribution is 2.44. The SMILES string of the molecule is Cc1ccc(-n2ccnc2SCC(=O)NC(C2CC2)C2CC2)c(C)c1. The maximum absolute atomic E-state index is 12.4. The van der Waals surface area contributed by atoms with E-state index in [9.17, 15) is 4.79 Å². The summed E-state index contributed by atoms with van der Waals surface area (Å²) in [5.41, 5.74) is 3.59. The molecule has 0 spiro atoms. The first-order chi connectivity index (χ1) is 12.1. The second-order valence-electron chi connectivity index (χ2n) is 7.43. The van der Waals surface area contributed by atoms with Gasteiger partial charge in [-0.05, 0) is 63.0 Å². The summed E-state index contributed by atoms with van der Waals surface area (Å²) < 4.78 is 2.08. The van der Waals surface area contributed by atoms with Gasteiger partial charge in [-0.25, -0.2) is 4.98 Å². The molecule has 1 aromatic heterocycles. The highest BCUT2D eigenvalue weighted by molar-refractivity contribution is 7.99. The van der Waals surface area contributed by atoms with Crippen LogP contribution in [-0.4, -0.2) is 27.3 Å². The number of rotatable bonds is 7. The minimum atomic E-state index is 0.143. The van der Waals surface area contributed by atoms with Crippen molar-refractivity contribution in [1.82, 2.24) is 14.9 Å². The van der Waals surface area contributed by atoms with Crippen molar-refractivity contribution in [2.45, 2.75) is 50.7 Å². The molecule has 2 saturated carbocycles. The molecule has 2 aromatic rings. The third kappa shape index (κ3) is 3.92. The molecular weight excluding hydrogens is 330 g/mol. The van der Waals surface area contributed by atoms with Crippen LogP contribution in [0.15, 0.2) is 35.7 Å². The van der Waals surface area contributed by atoms with Gasteiger partial charge in [-0.2, -0.15) is 0 Å². The monoisotopic (exact) mass is 355 g/mol. The summed E-state index contributed by atoms with van der Waals surface area (Å²) in [6, 6.07) is 6.82. The highest BCUT2D eigenvalue weighted by Gasteiger charge is 2.42. The van der Waals surface area contributed by atoms with E-state index in [4.69, 9.17) is 0 Å². The lowest BCUT2D eigenvalue weighted by atomic mass is 10.1. The van der Waals surface area contributed by atoms with E-state index in [-0.39, 0.29) is 5.91 Å². The standard InChI is InChI=1S/C20H25N3OS/c1-13-3-8-17(14(2)11-13)23-10-9-21-20(23)25-12-18(24)22-19(15-4-5-15)16-6-7-16/h3,8-11,15-16,19H,4-7,12H2,1-2H3,(H,22,24). The average molecular weight is 356 g/mol. The molecule has 0 unspecified atom stereocenters. The van der Waals surface area contributed by atoms with Crippen LogP contribution in [-0.2, 0) is 4.79 Å². The van der Waals surface area contributed by atoms with Gasteiger partial charge in [-0.1, -0.05) is 29.5 Å². The van der Waals surface area contributed by atoms with Gasteiger partial charge in [-0.15, -0.1) is 0 Å². The van der Waals surface area contributed by atoms with Gasteiger partial charge in [0.2, 0.25) is 5.91 Å². The van der Waals surface area contributed by atoms with Crippen LogP contribution >= 0.6 is 11.8 Å². The highest BCUT2D eigenvalue weighted by atomic mass is 32.2. The molecule has 1 amide bonds. The largest absolute Gasteiger partial charge is 0.352 e. The maximum atomic E-state index is 12.4. The topological polar surface area (TPSA) is 46.9 Å². The summed E-state index contributed by atoms with van der Waals surface area (Å²) >= 11 is 1.52. The van der Waals surface area contributed by atoms with E-state index in [1.165, 1.54) is 48.6 Å². The minimum absolute atomic E-state index is 0.143. The number of aryl methyl sites for hydroxylation is 2. The molecule has 0 radical (unpaired) electrons. The van der Waals surface area contributed by atoms with Crippen LogP contribution < -0.4 is 5.32 Å². The number of nitrogens with zero attached hydrogens (tertiary/aromatic N) is 2. The van der Waals surface area contributed by atoms with Crippen molar-refractivity contribution in [3.63, 3.8) is 0 Å². The summed E-state index contributed by atoms with van der Waals surface area (Å²) in [6.45, 7) is 4.21. The Hall–Kier alpha value is -1.75. The normalized spacial score (nSPS) is 17.1. The molecule has 2 fully saturated rings. The van der Waals surface area contributed by atoms with Gasteiger partial charge in [0, 0.05) is 18.4 Å². The van der Waals surface area contributed by atoms with E-state index in [0.717, 1.165) is 22.7 Å². The number of imidazole rings is 1. The van der Waals surface area contributed by atoms with Gasteiger partial charge >= 0.3 is 0 Å². The van der Waals surface area contributed by atoms with E-state index >= 15 is 0 Å². The smallest absolute Gasteiger partial charge is 0.230 e. The fourth-order valence-electron chi connectivity index (χ4n) is 3.54. The summed E-state index contributed by atoms with van der Waals surface area (Å²) in [6.07, 6.45) is 8.90. The molecule has 5 heteroatoms. The quantitative estimate of drug-likeness (QED) is 0.767. The first kappa shape index (κ1) is 16.7. The van der Waals surface area contributed by atoms with E-state index in [2.05, 4.69) is 46.9 Å². The summed E-state index contributed by atoms with van der Waals surface area (Å²) in [4.78, 5) is 16.9. The Balaban J connectivity index is 1.40. The number of aromatic nitrogens is 2. The fraction of sp³-hybridized carbons (Fsp3) is 0.500. The molecule has 0 aliphatic heterocycles. The zero-order valence-electron chi connectivity index (χ0n) is 14.9. The Morgan fingerprint density at radius 2 is 2.00 bits per heavy atom. The van der Waals surface area contributed by atoms with Crippen LogP contribution in [0.2, 0.25) is 0 Å². The Kier molecular flexibility index (Phi) is 4.59. The summed E-state index contributed by atoms with van der Waals surface area (Å²) in [7, 11) is 0. The number of hydrogen-bond donors (Lipinski definition) is 1. The van der Waals surface area contributed by atoms with Crippen LogP contribution in [0.25, 0.3) is 5.69 Å². The average Bonchev–Trinajstić information content (AvgIpc) is 3.49. The number of nitrogens with one attached hydrogen (secondary N) is 1. The number of carbonyl (C=O) groups is 1. The van der Waals surface area contributed by atoms with Crippen molar-refractivity contribution in [3.05, 3.63) is 41.7 Å². The number of thioether (sulfide) groups is 1. The molecule has 4 nitrogen and oxygen atoms in total. The van der Waals surface area contributed by atoms with Crippen molar-refractivity contribution >= 4 is 17.7 Å². The predicted molar refractivity (Wildman–Crippen MR) is 101 cm³/mol. The van der Waals surface area contributed by atoms with Crippen molar-refractivity contribution in [2.75, 3.05) is 5.75 Å². The van der Waals surface area contributed by atoms with Crippen LogP contribution in [0.1, 0.15) is 36.8 Å². The second-order valence-corrected chi connectivity index (χ2v) is 8.37. The van der Waals surface area contributed by atoms with Crippen LogP contribution in [0.5, 0.6) is 0 Å². The van der Waals surface area contributed by atoms with Gasteiger partial charge in [0.05, 0.1) is 11.4 Å². The zero-order chi connectivity index (χ0) is 17.4. The van der Waals surface area contributed by atoms with Gasteiger partial charge in [0.25, 0.3) is 0 Å². The second kappa shape index (κ2) is 6.87. The lowest BCUT2D eigenvalue weighted by Crippen LogP contribution is -2.39. The van der Waals surface area contributed by atoms with Gasteiger partial charge in [0.1, 0.15) is 0 Å². The number of carbonyl (C=O) groups excluding carboxylic acids is 1. The van der Waals surface area contributed by atoms with Crippen molar-refractivity contribution in [2.24, 2.45) is 11.8 Å². The molecule has 2 aliphatic rings. The molecule has 4 rings (SSSR count). The molecule has 1 aromatic carbocycles.